The zero-order valence-corrected chi connectivity index (χ0v) is 17.5. The number of ether oxygens (including phenoxy) is 6. The van der Waals surface area contributed by atoms with Gasteiger partial charge in [-0.2, -0.15) is 0 Å². The molecule has 4 bridgehead atoms. The maximum absolute atomic E-state index is 6.02. The fourth-order valence-electron chi connectivity index (χ4n) is 3.36. The minimum Gasteiger partial charge on any atom is -0.490 e. The van der Waals surface area contributed by atoms with Crippen LogP contribution in [0.15, 0.2) is 18.2 Å². The van der Waals surface area contributed by atoms with Crippen LogP contribution in [-0.2, 0) is 14.2 Å². The van der Waals surface area contributed by atoms with Crippen molar-refractivity contribution in [2.45, 2.75) is 0 Å². The van der Waals surface area contributed by atoms with E-state index in [2.05, 4.69) is 9.80 Å². The van der Waals surface area contributed by atoms with Crippen LogP contribution in [0.4, 0.5) is 0 Å². The number of methoxy groups -OCH3 is 1. The highest BCUT2D eigenvalue weighted by Crippen LogP contribution is 2.36. The summed E-state index contributed by atoms with van der Waals surface area (Å²) in [5.74, 6) is 2.05. The maximum Gasteiger partial charge on any atom is 0.203 e. The molecule has 1 fully saturated rings. The van der Waals surface area contributed by atoms with Crippen LogP contribution >= 0.6 is 0 Å². The Morgan fingerprint density at radius 2 is 1.03 bits per heavy atom. The van der Waals surface area contributed by atoms with Gasteiger partial charge in [-0.25, -0.2) is 0 Å². The topological polar surface area (TPSA) is 61.9 Å². The molecular weight excluding hydrogens is 376 g/mol. The smallest absolute Gasteiger partial charge is 0.203 e. The molecule has 1 aromatic rings. The number of hydrogen-bond donors (Lipinski definition) is 0. The molecule has 164 valence electrons. The zero-order valence-electron chi connectivity index (χ0n) is 17.5. The second kappa shape index (κ2) is 12.9. The van der Waals surface area contributed by atoms with Crippen molar-refractivity contribution in [2.24, 2.45) is 0 Å². The van der Waals surface area contributed by atoms with E-state index in [9.17, 15) is 0 Å². The van der Waals surface area contributed by atoms with E-state index in [1.807, 2.05) is 18.2 Å². The molecule has 0 aromatic heterocycles. The molecule has 0 N–H and O–H groups in total. The van der Waals surface area contributed by atoms with Crippen LogP contribution in [0.25, 0.3) is 0 Å². The quantitative estimate of drug-likeness (QED) is 0.639. The molecule has 2 aliphatic heterocycles. The van der Waals surface area contributed by atoms with Crippen molar-refractivity contribution in [1.29, 1.82) is 0 Å². The SMILES string of the molecule is COc1c2cccc1OCCN1CCOCCOCCN(CCOCC1)CCO2. The largest absolute Gasteiger partial charge is 0.490 e. The van der Waals surface area contributed by atoms with E-state index in [1.165, 1.54) is 0 Å². The second-order valence-electron chi connectivity index (χ2n) is 7.00. The van der Waals surface area contributed by atoms with E-state index in [1.54, 1.807) is 7.11 Å². The monoisotopic (exact) mass is 410 g/mol. The minimum atomic E-state index is 0.552. The number of para-hydroxylation sites is 1. The summed E-state index contributed by atoms with van der Waals surface area (Å²) < 4.78 is 34.9. The van der Waals surface area contributed by atoms with Crippen molar-refractivity contribution in [2.75, 3.05) is 99.2 Å². The van der Waals surface area contributed by atoms with Crippen molar-refractivity contribution < 1.29 is 28.4 Å². The summed E-state index contributed by atoms with van der Waals surface area (Å²) in [5, 5.41) is 0. The zero-order chi connectivity index (χ0) is 20.2. The van der Waals surface area contributed by atoms with Gasteiger partial charge in [-0.1, -0.05) is 6.07 Å². The Labute approximate surface area is 173 Å². The van der Waals surface area contributed by atoms with Crippen molar-refractivity contribution in [1.82, 2.24) is 9.80 Å². The van der Waals surface area contributed by atoms with Crippen LogP contribution in [0, 0.1) is 0 Å². The number of fused-ring (bicyclic) bond motifs is 8. The molecular formula is C21H34N2O6. The molecule has 0 amide bonds. The fourth-order valence-corrected chi connectivity index (χ4v) is 3.36. The molecule has 2 aliphatic rings. The first-order valence-corrected chi connectivity index (χ1v) is 10.5. The Bertz CT molecular complexity index is 544. The minimum absolute atomic E-state index is 0.552. The van der Waals surface area contributed by atoms with Gasteiger partial charge in [-0.3, -0.25) is 9.80 Å². The van der Waals surface area contributed by atoms with E-state index in [0.29, 0.717) is 70.1 Å². The molecule has 1 saturated heterocycles. The number of nitrogens with zero attached hydrogens (tertiary/aromatic N) is 2. The van der Waals surface area contributed by atoms with Gasteiger partial charge in [0.15, 0.2) is 11.5 Å². The predicted octanol–water partition coefficient (Wildman–Crippen LogP) is 1.13. The summed E-state index contributed by atoms with van der Waals surface area (Å²) in [7, 11) is 1.65. The van der Waals surface area contributed by atoms with Crippen molar-refractivity contribution in [3.05, 3.63) is 18.2 Å². The van der Waals surface area contributed by atoms with E-state index < -0.39 is 0 Å². The molecule has 8 nitrogen and oxygen atoms in total. The lowest BCUT2D eigenvalue weighted by atomic mass is 10.3. The molecule has 8 heteroatoms. The number of hydrogen-bond acceptors (Lipinski definition) is 8. The first-order chi connectivity index (χ1) is 14.4. The Morgan fingerprint density at radius 3 is 1.48 bits per heavy atom. The van der Waals surface area contributed by atoms with Gasteiger partial charge in [0.2, 0.25) is 5.75 Å². The van der Waals surface area contributed by atoms with Crippen LogP contribution in [0.2, 0.25) is 0 Å². The number of rotatable bonds is 1. The average molecular weight is 411 g/mol. The first kappa shape index (κ1) is 22.1. The summed E-state index contributed by atoms with van der Waals surface area (Å²) >= 11 is 0. The molecule has 2 heterocycles. The molecule has 2 unspecified atom stereocenters. The standard InChI is InChI=1S/C21H34N2O6/c1-24-21-19-3-2-4-20(21)29-16-10-23-6-12-25-11-5-22(9-15-28-19)7-13-26-17-18-27-14-8-23/h2-4H,5-18H2,1H3. The summed E-state index contributed by atoms with van der Waals surface area (Å²) in [6.45, 7) is 10.00. The number of benzene rings is 1. The van der Waals surface area contributed by atoms with Gasteiger partial charge < -0.3 is 28.4 Å². The maximum atomic E-state index is 6.02. The molecule has 2 atom stereocenters. The van der Waals surface area contributed by atoms with Crippen LogP contribution in [0.5, 0.6) is 17.2 Å². The van der Waals surface area contributed by atoms with Gasteiger partial charge in [-0.15, -0.1) is 0 Å². The lowest BCUT2D eigenvalue weighted by Gasteiger charge is -2.25. The average Bonchev–Trinajstić information content (AvgIpc) is 2.74. The third-order valence-corrected chi connectivity index (χ3v) is 5.06. The third kappa shape index (κ3) is 7.64. The lowest BCUT2D eigenvalue weighted by molar-refractivity contribution is 0.0306. The second-order valence-corrected chi connectivity index (χ2v) is 7.00. The fraction of sp³-hybridized carbons (Fsp3) is 0.714. The van der Waals surface area contributed by atoms with Crippen molar-refractivity contribution >= 4 is 0 Å². The van der Waals surface area contributed by atoms with Gasteiger partial charge in [0.1, 0.15) is 13.2 Å². The first-order valence-electron chi connectivity index (χ1n) is 10.5. The van der Waals surface area contributed by atoms with Gasteiger partial charge in [0.05, 0.1) is 46.8 Å². The molecule has 3 rings (SSSR count). The van der Waals surface area contributed by atoms with Crippen LogP contribution < -0.4 is 14.2 Å². The lowest BCUT2D eigenvalue weighted by Crippen LogP contribution is -2.36. The Kier molecular flexibility index (Phi) is 9.81. The van der Waals surface area contributed by atoms with Crippen LogP contribution in [-0.4, -0.2) is 109 Å². The summed E-state index contributed by atoms with van der Waals surface area (Å²) in [5.41, 5.74) is 0. The molecule has 1 aromatic carbocycles. The Hall–Kier alpha value is -1.58. The molecule has 0 aliphatic carbocycles. The van der Waals surface area contributed by atoms with E-state index in [-0.39, 0.29) is 0 Å². The van der Waals surface area contributed by atoms with Gasteiger partial charge in [0.25, 0.3) is 0 Å². The third-order valence-electron chi connectivity index (χ3n) is 5.06. The Morgan fingerprint density at radius 1 is 0.621 bits per heavy atom. The summed E-state index contributed by atoms with van der Waals surface area (Å²) in [4.78, 5) is 4.61. The van der Waals surface area contributed by atoms with E-state index in [0.717, 1.165) is 39.3 Å². The van der Waals surface area contributed by atoms with E-state index in [4.69, 9.17) is 28.4 Å². The van der Waals surface area contributed by atoms with Gasteiger partial charge >= 0.3 is 0 Å². The normalized spacial score (nSPS) is 25.7. The van der Waals surface area contributed by atoms with Gasteiger partial charge in [-0.05, 0) is 12.1 Å². The van der Waals surface area contributed by atoms with Gasteiger partial charge in [0, 0.05) is 39.3 Å². The molecule has 0 radical (unpaired) electrons. The summed E-state index contributed by atoms with van der Waals surface area (Å²) in [6, 6.07) is 5.76. The predicted molar refractivity (Wildman–Crippen MR) is 109 cm³/mol. The Balaban J connectivity index is 1.74. The highest BCUT2D eigenvalue weighted by atomic mass is 16.5. The molecule has 0 spiro atoms. The van der Waals surface area contributed by atoms with Crippen molar-refractivity contribution in [3.8, 4) is 17.2 Å². The van der Waals surface area contributed by atoms with Crippen LogP contribution in [0.3, 0.4) is 0 Å². The van der Waals surface area contributed by atoms with E-state index >= 15 is 0 Å². The van der Waals surface area contributed by atoms with Crippen LogP contribution in [0.1, 0.15) is 0 Å². The molecule has 29 heavy (non-hydrogen) atoms. The highest BCUT2D eigenvalue weighted by molar-refractivity contribution is 5.51. The highest BCUT2D eigenvalue weighted by Gasteiger charge is 2.14. The molecule has 0 saturated carbocycles. The van der Waals surface area contributed by atoms with Crippen molar-refractivity contribution in [3.63, 3.8) is 0 Å². The summed E-state index contributed by atoms with van der Waals surface area (Å²) in [6.07, 6.45) is 0.